The van der Waals surface area contributed by atoms with Crippen molar-refractivity contribution in [3.63, 3.8) is 0 Å². The molecule has 2 aromatic rings. The fraction of sp³-hybridized carbons (Fsp3) is 0.353. The number of anilines is 1. The van der Waals surface area contributed by atoms with Crippen LogP contribution in [0.3, 0.4) is 0 Å². The zero-order chi connectivity index (χ0) is 15.9. The number of carbonyl (C=O) groups is 1. The van der Waals surface area contributed by atoms with Gasteiger partial charge >= 0.3 is 6.03 Å². The highest BCUT2D eigenvalue weighted by molar-refractivity contribution is 5.88. The Morgan fingerprint density at radius 2 is 1.91 bits per heavy atom. The molecule has 23 heavy (non-hydrogen) atoms. The van der Waals surface area contributed by atoms with Crippen molar-refractivity contribution in [1.82, 2.24) is 20.4 Å². The lowest BCUT2D eigenvalue weighted by Gasteiger charge is -2.32. The van der Waals surface area contributed by atoms with Gasteiger partial charge in [0.05, 0.1) is 0 Å². The number of hydrogen-bond donors (Lipinski definition) is 2. The normalized spacial score (nSPS) is 16.0. The van der Waals surface area contributed by atoms with Gasteiger partial charge in [-0.15, -0.1) is 5.10 Å². The summed E-state index contributed by atoms with van der Waals surface area (Å²) in [6, 6.07) is 13.9. The maximum Gasteiger partial charge on any atom is 0.320 e. The molecule has 120 valence electrons. The lowest BCUT2D eigenvalue weighted by atomic mass is 10.0. The minimum absolute atomic E-state index is 0.207. The molecule has 1 aromatic heterocycles. The SMILES string of the molecule is O=C(Nc1cccnn1)NC1CCN(Cc2ccccc2)CC1. The summed E-state index contributed by atoms with van der Waals surface area (Å²) in [6.45, 7) is 2.95. The van der Waals surface area contributed by atoms with Gasteiger partial charge in [-0.2, -0.15) is 5.10 Å². The second-order valence-electron chi connectivity index (χ2n) is 5.74. The van der Waals surface area contributed by atoms with E-state index >= 15 is 0 Å². The number of hydrogen-bond acceptors (Lipinski definition) is 4. The fourth-order valence-corrected chi connectivity index (χ4v) is 2.78. The van der Waals surface area contributed by atoms with Crippen molar-refractivity contribution in [2.45, 2.75) is 25.4 Å². The summed E-state index contributed by atoms with van der Waals surface area (Å²) in [4.78, 5) is 14.4. The van der Waals surface area contributed by atoms with Crippen molar-refractivity contribution in [2.75, 3.05) is 18.4 Å². The standard InChI is InChI=1S/C17H21N5O/c23-17(20-16-7-4-10-18-21-16)19-15-8-11-22(12-9-15)13-14-5-2-1-3-6-14/h1-7,10,15H,8-9,11-13H2,(H2,19,20,21,23). The van der Waals surface area contributed by atoms with Gasteiger partial charge < -0.3 is 5.32 Å². The molecule has 1 aliphatic rings. The van der Waals surface area contributed by atoms with Crippen LogP contribution in [0.15, 0.2) is 48.7 Å². The van der Waals surface area contributed by atoms with Crippen LogP contribution in [-0.4, -0.2) is 40.3 Å². The molecule has 0 spiro atoms. The molecule has 6 nitrogen and oxygen atoms in total. The molecule has 0 saturated carbocycles. The monoisotopic (exact) mass is 311 g/mol. The summed E-state index contributed by atoms with van der Waals surface area (Å²) in [6.07, 6.45) is 3.49. The average molecular weight is 311 g/mol. The Kier molecular flexibility index (Phi) is 5.16. The van der Waals surface area contributed by atoms with Crippen LogP contribution in [0.1, 0.15) is 18.4 Å². The molecular formula is C17H21N5O. The summed E-state index contributed by atoms with van der Waals surface area (Å²) in [5.41, 5.74) is 1.33. The van der Waals surface area contributed by atoms with Crippen molar-refractivity contribution in [1.29, 1.82) is 0 Å². The summed E-state index contributed by atoms with van der Waals surface area (Å²) >= 11 is 0. The van der Waals surface area contributed by atoms with Crippen LogP contribution in [-0.2, 0) is 6.54 Å². The average Bonchev–Trinajstić information content (AvgIpc) is 2.58. The first-order chi connectivity index (χ1) is 11.3. The van der Waals surface area contributed by atoms with Crippen LogP contribution in [0.25, 0.3) is 0 Å². The molecule has 0 aliphatic carbocycles. The number of carbonyl (C=O) groups excluding carboxylic acids is 1. The van der Waals surface area contributed by atoms with Crippen molar-refractivity contribution in [3.05, 3.63) is 54.2 Å². The third kappa shape index (κ3) is 4.75. The fourth-order valence-electron chi connectivity index (χ4n) is 2.78. The van der Waals surface area contributed by atoms with Crippen LogP contribution >= 0.6 is 0 Å². The van der Waals surface area contributed by atoms with Crippen LogP contribution in [0.4, 0.5) is 10.6 Å². The third-order valence-corrected chi connectivity index (χ3v) is 3.99. The Hall–Kier alpha value is -2.47. The molecule has 0 bridgehead atoms. The second kappa shape index (κ2) is 7.69. The van der Waals surface area contributed by atoms with Gasteiger partial charge in [0.1, 0.15) is 0 Å². The Morgan fingerprint density at radius 1 is 1.13 bits per heavy atom. The maximum atomic E-state index is 11.9. The Labute approximate surface area is 135 Å². The highest BCUT2D eigenvalue weighted by atomic mass is 16.2. The molecule has 1 saturated heterocycles. The van der Waals surface area contributed by atoms with Crippen molar-refractivity contribution >= 4 is 11.8 Å². The number of likely N-dealkylation sites (tertiary alicyclic amines) is 1. The number of aromatic nitrogens is 2. The van der Waals surface area contributed by atoms with E-state index < -0.39 is 0 Å². The molecule has 1 fully saturated rings. The van der Waals surface area contributed by atoms with Gasteiger partial charge in [-0.1, -0.05) is 30.3 Å². The molecule has 0 radical (unpaired) electrons. The van der Waals surface area contributed by atoms with E-state index in [4.69, 9.17) is 0 Å². The van der Waals surface area contributed by atoms with E-state index in [2.05, 4.69) is 50.0 Å². The predicted octanol–water partition coefficient (Wildman–Crippen LogP) is 2.26. The minimum Gasteiger partial charge on any atom is -0.335 e. The summed E-state index contributed by atoms with van der Waals surface area (Å²) in [5.74, 6) is 0.464. The number of benzene rings is 1. The smallest absolute Gasteiger partial charge is 0.320 e. The number of amides is 2. The van der Waals surface area contributed by atoms with Gasteiger partial charge in [-0.3, -0.25) is 10.2 Å². The highest BCUT2D eigenvalue weighted by Gasteiger charge is 2.20. The molecule has 2 heterocycles. The molecule has 3 rings (SSSR count). The molecular weight excluding hydrogens is 290 g/mol. The molecule has 2 N–H and O–H groups in total. The number of piperidine rings is 1. The lowest BCUT2D eigenvalue weighted by molar-refractivity contribution is 0.190. The van der Waals surface area contributed by atoms with Gasteiger partial charge in [0.2, 0.25) is 0 Å². The molecule has 0 unspecified atom stereocenters. The van der Waals surface area contributed by atoms with Crippen molar-refractivity contribution in [2.24, 2.45) is 0 Å². The van der Waals surface area contributed by atoms with Crippen LogP contribution in [0.5, 0.6) is 0 Å². The number of nitrogens with zero attached hydrogens (tertiary/aromatic N) is 3. The van der Waals surface area contributed by atoms with Crippen LogP contribution in [0.2, 0.25) is 0 Å². The molecule has 1 aromatic carbocycles. The lowest BCUT2D eigenvalue weighted by Crippen LogP contribution is -2.45. The number of urea groups is 1. The minimum atomic E-state index is -0.216. The van der Waals surface area contributed by atoms with Gasteiger partial charge in [-0.05, 0) is 30.5 Å². The maximum absolute atomic E-state index is 11.9. The van der Waals surface area contributed by atoms with Crippen LogP contribution < -0.4 is 10.6 Å². The number of rotatable bonds is 4. The zero-order valence-electron chi connectivity index (χ0n) is 13.0. The van der Waals surface area contributed by atoms with Gasteiger partial charge in [0, 0.05) is 31.9 Å². The quantitative estimate of drug-likeness (QED) is 0.908. The first-order valence-corrected chi connectivity index (χ1v) is 7.91. The van der Waals surface area contributed by atoms with E-state index in [0.717, 1.165) is 32.5 Å². The van der Waals surface area contributed by atoms with E-state index in [-0.39, 0.29) is 12.1 Å². The highest BCUT2D eigenvalue weighted by Crippen LogP contribution is 2.14. The van der Waals surface area contributed by atoms with Crippen molar-refractivity contribution in [3.8, 4) is 0 Å². The third-order valence-electron chi connectivity index (χ3n) is 3.99. The Morgan fingerprint density at radius 3 is 2.61 bits per heavy atom. The van der Waals surface area contributed by atoms with Gasteiger partial charge in [0.25, 0.3) is 0 Å². The largest absolute Gasteiger partial charge is 0.335 e. The zero-order valence-corrected chi connectivity index (χ0v) is 13.0. The van der Waals surface area contributed by atoms with E-state index in [9.17, 15) is 4.79 Å². The molecule has 2 amide bonds. The van der Waals surface area contributed by atoms with Crippen LogP contribution in [0, 0.1) is 0 Å². The topological polar surface area (TPSA) is 70.1 Å². The second-order valence-corrected chi connectivity index (χ2v) is 5.74. The first-order valence-electron chi connectivity index (χ1n) is 7.91. The van der Waals surface area contributed by atoms with E-state index in [0.29, 0.717) is 5.82 Å². The summed E-state index contributed by atoms with van der Waals surface area (Å²) in [7, 11) is 0. The number of nitrogens with one attached hydrogen (secondary N) is 2. The predicted molar refractivity (Wildman–Crippen MR) is 88.9 cm³/mol. The van der Waals surface area contributed by atoms with E-state index in [1.807, 2.05) is 6.07 Å². The molecule has 1 aliphatic heterocycles. The van der Waals surface area contributed by atoms with Gasteiger partial charge in [0.15, 0.2) is 5.82 Å². The molecule has 6 heteroatoms. The summed E-state index contributed by atoms with van der Waals surface area (Å²) in [5, 5.41) is 13.3. The molecule has 0 atom stereocenters. The Bertz CT molecular complexity index is 611. The summed E-state index contributed by atoms with van der Waals surface area (Å²) < 4.78 is 0. The van der Waals surface area contributed by atoms with E-state index in [1.165, 1.54) is 5.56 Å². The van der Waals surface area contributed by atoms with E-state index in [1.54, 1.807) is 18.3 Å². The Balaban J connectivity index is 1.41. The van der Waals surface area contributed by atoms with Crippen molar-refractivity contribution < 1.29 is 4.79 Å². The van der Waals surface area contributed by atoms with Gasteiger partial charge in [-0.25, -0.2) is 4.79 Å². The first kappa shape index (κ1) is 15.4.